The van der Waals surface area contributed by atoms with Gasteiger partial charge >= 0.3 is 0 Å². The van der Waals surface area contributed by atoms with E-state index in [9.17, 15) is 4.79 Å². The quantitative estimate of drug-likeness (QED) is 0.718. The molecular weight excluding hydrogens is 254 g/mol. The minimum absolute atomic E-state index is 0.0974. The fraction of sp³-hybridized carbons (Fsp3) is 0.600. The number of carbonyl (C=O) groups excluding carboxylic acids is 1. The van der Waals surface area contributed by atoms with Crippen LogP contribution in [0.4, 0.5) is 0 Å². The van der Waals surface area contributed by atoms with Crippen LogP contribution < -0.4 is 0 Å². The van der Waals surface area contributed by atoms with Crippen molar-refractivity contribution in [1.29, 1.82) is 0 Å². The molecule has 5 nitrogen and oxygen atoms in total. The number of carbonyl (C=O) groups is 1. The highest BCUT2D eigenvalue weighted by Crippen LogP contribution is 2.14. The Kier molecular flexibility index (Phi) is 5.51. The second kappa shape index (κ2) is 6.70. The van der Waals surface area contributed by atoms with Gasteiger partial charge in [-0.15, -0.1) is 6.58 Å². The normalized spacial score (nSPS) is 11.7. The summed E-state index contributed by atoms with van der Waals surface area (Å²) < 4.78 is 5.16. The maximum Gasteiger partial charge on any atom is 0.275 e. The van der Waals surface area contributed by atoms with Crippen LogP contribution >= 0.6 is 0 Å². The molecule has 0 saturated carbocycles. The van der Waals surface area contributed by atoms with Gasteiger partial charge in [-0.2, -0.15) is 0 Å². The minimum Gasteiger partial charge on any atom is -0.361 e. The molecule has 0 unspecified atom stereocenters. The molecule has 0 saturated heterocycles. The van der Waals surface area contributed by atoms with Gasteiger partial charge in [0.15, 0.2) is 5.69 Å². The van der Waals surface area contributed by atoms with Crippen molar-refractivity contribution in [2.75, 3.05) is 27.7 Å². The zero-order valence-corrected chi connectivity index (χ0v) is 13.1. The van der Waals surface area contributed by atoms with Gasteiger partial charge in [0.05, 0.1) is 0 Å². The van der Waals surface area contributed by atoms with E-state index in [1.807, 2.05) is 20.2 Å². The van der Waals surface area contributed by atoms with Gasteiger partial charge in [0, 0.05) is 31.6 Å². The Balaban J connectivity index is 2.69. The first-order valence-corrected chi connectivity index (χ1v) is 6.77. The summed E-state index contributed by atoms with van der Waals surface area (Å²) in [5.74, 6) is 0.599. The van der Waals surface area contributed by atoms with Crippen molar-refractivity contribution >= 4 is 5.91 Å². The highest BCUT2D eigenvalue weighted by molar-refractivity contribution is 5.92. The van der Waals surface area contributed by atoms with Crippen molar-refractivity contribution in [3.05, 3.63) is 30.2 Å². The average molecular weight is 279 g/mol. The molecule has 0 N–H and O–H groups in total. The summed E-state index contributed by atoms with van der Waals surface area (Å²) in [7, 11) is 5.79. The molecule has 1 aromatic heterocycles. The molecule has 1 amide bonds. The number of hydrogen-bond donors (Lipinski definition) is 0. The zero-order chi connectivity index (χ0) is 15.3. The van der Waals surface area contributed by atoms with E-state index in [1.54, 1.807) is 18.0 Å². The van der Waals surface area contributed by atoms with E-state index in [2.05, 4.69) is 30.5 Å². The third-order valence-corrected chi connectivity index (χ3v) is 3.55. The first kappa shape index (κ1) is 16.4. The van der Waals surface area contributed by atoms with Crippen LogP contribution in [0.2, 0.25) is 0 Å². The van der Waals surface area contributed by atoms with Gasteiger partial charge in [0.1, 0.15) is 5.76 Å². The van der Waals surface area contributed by atoms with Gasteiger partial charge in [-0.05, 0) is 34.4 Å². The molecule has 0 fully saturated rings. The number of rotatable bonds is 7. The first-order valence-electron chi connectivity index (χ1n) is 6.77. The van der Waals surface area contributed by atoms with Crippen LogP contribution in [0.25, 0.3) is 0 Å². The topological polar surface area (TPSA) is 49.6 Å². The average Bonchev–Trinajstić information content (AvgIpc) is 2.83. The standard InChI is InChI=1S/C15H25N3O2/c1-7-8-9-12-10-13(16-20-12)14(19)18(6)11-15(2,3)17(4)5/h7,10H,1,8-9,11H2,2-6H3. The minimum atomic E-state index is -0.117. The van der Waals surface area contributed by atoms with Crippen molar-refractivity contribution in [3.63, 3.8) is 0 Å². The van der Waals surface area contributed by atoms with Gasteiger partial charge in [0.2, 0.25) is 0 Å². The first-order chi connectivity index (χ1) is 9.27. The van der Waals surface area contributed by atoms with E-state index in [0.717, 1.165) is 12.8 Å². The third kappa shape index (κ3) is 4.20. The fourth-order valence-corrected chi connectivity index (χ4v) is 1.77. The van der Waals surface area contributed by atoms with Crippen LogP contribution in [0, 0.1) is 0 Å². The molecule has 112 valence electrons. The number of amides is 1. The summed E-state index contributed by atoms with van der Waals surface area (Å²) in [6, 6.07) is 1.71. The van der Waals surface area contributed by atoms with E-state index in [0.29, 0.717) is 18.0 Å². The summed E-state index contributed by atoms with van der Waals surface area (Å²) in [4.78, 5) is 16.1. The van der Waals surface area contributed by atoms with E-state index >= 15 is 0 Å². The molecule has 0 aliphatic carbocycles. The SMILES string of the molecule is C=CCCc1cc(C(=O)N(C)CC(C)(C)N(C)C)no1. The van der Waals surface area contributed by atoms with Crippen molar-refractivity contribution in [3.8, 4) is 0 Å². The van der Waals surface area contributed by atoms with Gasteiger partial charge in [-0.25, -0.2) is 0 Å². The second-order valence-corrected chi connectivity index (χ2v) is 5.87. The summed E-state index contributed by atoms with van der Waals surface area (Å²) in [6.45, 7) is 8.46. The summed E-state index contributed by atoms with van der Waals surface area (Å²) >= 11 is 0. The molecule has 0 aliphatic heterocycles. The summed E-state index contributed by atoms with van der Waals surface area (Å²) in [6.07, 6.45) is 3.35. The highest BCUT2D eigenvalue weighted by atomic mass is 16.5. The number of allylic oxidation sites excluding steroid dienone is 1. The summed E-state index contributed by atoms with van der Waals surface area (Å²) in [5, 5.41) is 3.85. The molecule has 0 radical (unpaired) electrons. The Labute approximate surface area is 121 Å². The van der Waals surface area contributed by atoms with Crippen LogP contribution in [0.5, 0.6) is 0 Å². The van der Waals surface area contributed by atoms with Crippen LogP contribution in [0.15, 0.2) is 23.2 Å². The van der Waals surface area contributed by atoms with Gasteiger partial charge in [-0.1, -0.05) is 11.2 Å². The van der Waals surface area contributed by atoms with Crippen molar-refractivity contribution < 1.29 is 9.32 Å². The Bertz CT molecular complexity index is 463. The van der Waals surface area contributed by atoms with Crippen molar-refractivity contribution in [2.24, 2.45) is 0 Å². The lowest BCUT2D eigenvalue weighted by Crippen LogP contribution is -2.48. The van der Waals surface area contributed by atoms with Crippen molar-refractivity contribution in [2.45, 2.75) is 32.2 Å². The van der Waals surface area contributed by atoms with E-state index in [1.165, 1.54) is 0 Å². The maximum absolute atomic E-state index is 12.3. The van der Waals surface area contributed by atoms with Crippen LogP contribution in [-0.4, -0.2) is 54.1 Å². The molecule has 1 rings (SSSR count). The monoisotopic (exact) mass is 279 g/mol. The number of likely N-dealkylation sites (N-methyl/N-ethyl adjacent to an activating group) is 2. The molecule has 0 bridgehead atoms. The molecule has 20 heavy (non-hydrogen) atoms. The predicted molar refractivity (Wildman–Crippen MR) is 79.7 cm³/mol. The molecule has 0 spiro atoms. The Morgan fingerprint density at radius 1 is 1.45 bits per heavy atom. The van der Waals surface area contributed by atoms with Gasteiger partial charge < -0.3 is 14.3 Å². The molecule has 5 heteroatoms. The predicted octanol–water partition coefficient (Wildman–Crippen LogP) is 2.21. The number of hydrogen-bond acceptors (Lipinski definition) is 4. The summed E-state index contributed by atoms with van der Waals surface area (Å²) in [5.41, 5.74) is 0.265. The number of aryl methyl sites for hydroxylation is 1. The Morgan fingerprint density at radius 2 is 2.10 bits per heavy atom. The van der Waals surface area contributed by atoms with Crippen LogP contribution in [0.1, 0.15) is 36.5 Å². The van der Waals surface area contributed by atoms with Crippen LogP contribution in [-0.2, 0) is 6.42 Å². The second-order valence-electron chi connectivity index (χ2n) is 5.87. The molecule has 0 aromatic carbocycles. The Hall–Kier alpha value is -1.62. The van der Waals surface area contributed by atoms with Gasteiger partial charge in [0.25, 0.3) is 5.91 Å². The largest absolute Gasteiger partial charge is 0.361 e. The Morgan fingerprint density at radius 3 is 2.65 bits per heavy atom. The molecule has 0 atom stereocenters. The number of nitrogens with zero attached hydrogens (tertiary/aromatic N) is 3. The fourth-order valence-electron chi connectivity index (χ4n) is 1.77. The van der Waals surface area contributed by atoms with E-state index in [4.69, 9.17) is 4.52 Å². The molecule has 1 aromatic rings. The van der Waals surface area contributed by atoms with E-state index < -0.39 is 0 Å². The van der Waals surface area contributed by atoms with Crippen molar-refractivity contribution in [1.82, 2.24) is 15.0 Å². The lowest BCUT2D eigenvalue weighted by molar-refractivity contribution is 0.0676. The maximum atomic E-state index is 12.3. The van der Waals surface area contributed by atoms with Gasteiger partial charge in [-0.3, -0.25) is 4.79 Å². The van der Waals surface area contributed by atoms with E-state index in [-0.39, 0.29) is 11.4 Å². The van der Waals surface area contributed by atoms with Crippen LogP contribution in [0.3, 0.4) is 0 Å². The molecule has 1 heterocycles. The lowest BCUT2D eigenvalue weighted by Gasteiger charge is -2.35. The third-order valence-electron chi connectivity index (χ3n) is 3.55. The number of aromatic nitrogens is 1. The highest BCUT2D eigenvalue weighted by Gasteiger charge is 2.26. The smallest absolute Gasteiger partial charge is 0.275 e. The lowest BCUT2D eigenvalue weighted by atomic mass is 10.0. The zero-order valence-electron chi connectivity index (χ0n) is 13.1. The molecule has 0 aliphatic rings. The molecular formula is C15H25N3O2.